The number of hydrogen-bond acceptors (Lipinski definition) is 3. The van der Waals surface area contributed by atoms with Crippen LogP contribution < -0.4 is 0 Å². The molecule has 1 saturated heterocycles. The van der Waals surface area contributed by atoms with Crippen molar-refractivity contribution in [1.82, 2.24) is 4.90 Å². The number of allylic oxidation sites excluding steroid dienone is 1. The summed E-state index contributed by atoms with van der Waals surface area (Å²) in [5.74, 6) is 0. The predicted molar refractivity (Wildman–Crippen MR) is 69.4 cm³/mol. The minimum atomic E-state index is -0.349. The summed E-state index contributed by atoms with van der Waals surface area (Å²) in [5, 5.41) is 19.2. The third-order valence-electron chi connectivity index (χ3n) is 3.64. The van der Waals surface area contributed by atoms with E-state index in [2.05, 4.69) is 31.4 Å². The van der Waals surface area contributed by atoms with Gasteiger partial charge in [0.1, 0.15) is 6.04 Å². The minimum absolute atomic E-state index is 0.0329. The fraction of sp³-hybridized carbons (Fsp3) is 0.786. The van der Waals surface area contributed by atoms with E-state index >= 15 is 0 Å². The first-order valence-corrected chi connectivity index (χ1v) is 6.44. The molecule has 1 aliphatic heterocycles. The van der Waals surface area contributed by atoms with Gasteiger partial charge in [-0.3, -0.25) is 4.90 Å². The van der Waals surface area contributed by atoms with Gasteiger partial charge in [-0.25, -0.2) is 0 Å². The van der Waals surface area contributed by atoms with Gasteiger partial charge in [-0.2, -0.15) is 5.26 Å². The van der Waals surface area contributed by atoms with E-state index in [9.17, 15) is 10.4 Å². The molecule has 96 valence electrons. The zero-order valence-electron chi connectivity index (χ0n) is 11.0. The highest BCUT2D eigenvalue weighted by molar-refractivity contribution is 5.04. The van der Waals surface area contributed by atoms with Crippen LogP contribution in [0.4, 0.5) is 0 Å². The number of nitriles is 1. The summed E-state index contributed by atoms with van der Waals surface area (Å²) >= 11 is 0. The van der Waals surface area contributed by atoms with Crippen molar-refractivity contribution in [3.8, 4) is 6.07 Å². The van der Waals surface area contributed by atoms with Gasteiger partial charge in [0, 0.05) is 6.54 Å². The zero-order valence-corrected chi connectivity index (χ0v) is 11.0. The lowest BCUT2D eigenvalue weighted by Crippen LogP contribution is -2.51. The molecule has 1 rings (SSSR count). The van der Waals surface area contributed by atoms with Crippen LogP contribution in [0.1, 0.15) is 39.5 Å². The Morgan fingerprint density at radius 2 is 2.35 bits per heavy atom. The van der Waals surface area contributed by atoms with E-state index < -0.39 is 0 Å². The van der Waals surface area contributed by atoms with Gasteiger partial charge in [0.15, 0.2) is 0 Å². The van der Waals surface area contributed by atoms with Gasteiger partial charge in [0.2, 0.25) is 0 Å². The van der Waals surface area contributed by atoms with Crippen LogP contribution in [0.2, 0.25) is 0 Å². The molecule has 2 atom stereocenters. The van der Waals surface area contributed by atoms with Gasteiger partial charge < -0.3 is 5.11 Å². The fourth-order valence-corrected chi connectivity index (χ4v) is 2.62. The minimum Gasteiger partial charge on any atom is -0.392 e. The molecule has 3 nitrogen and oxygen atoms in total. The summed E-state index contributed by atoms with van der Waals surface area (Å²) < 4.78 is 0. The highest BCUT2D eigenvalue weighted by atomic mass is 16.3. The van der Waals surface area contributed by atoms with E-state index in [0.29, 0.717) is 6.54 Å². The normalized spacial score (nSPS) is 26.1. The molecule has 17 heavy (non-hydrogen) atoms. The van der Waals surface area contributed by atoms with Crippen molar-refractivity contribution >= 4 is 0 Å². The second kappa shape index (κ2) is 6.18. The maximum absolute atomic E-state index is 9.92. The molecule has 3 heteroatoms. The first kappa shape index (κ1) is 14.2. The van der Waals surface area contributed by atoms with E-state index in [1.54, 1.807) is 0 Å². The highest BCUT2D eigenvalue weighted by Gasteiger charge is 2.38. The van der Waals surface area contributed by atoms with Crippen molar-refractivity contribution < 1.29 is 5.11 Å². The standard InChI is InChI=1S/C14H24N2O/c1-4-5-7-12(17)11-16-9-6-8-14(2,3)13(16)10-15/h4,12-13,17H,1,5-9,11H2,2-3H3. The molecule has 0 aromatic rings. The molecule has 0 amide bonds. The Bertz CT molecular complexity index is 293. The highest BCUT2D eigenvalue weighted by Crippen LogP contribution is 2.34. The predicted octanol–water partition coefficient (Wildman–Crippen LogP) is 2.33. The van der Waals surface area contributed by atoms with E-state index in [1.165, 1.54) is 0 Å². The molecule has 1 fully saturated rings. The summed E-state index contributed by atoms with van der Waals surface area (Å²) in [6.45, 7) is 9.47. The fourth-order valence-electron chi connectivity index (χ4n) is 2.62. The van der Waals surface area contributed by atoms with Crippen LogP contribution in [0.5, 0.6) is 0 Å². The molecule has 1 aliphatic rings. The molecule has 0 aromatic heterocycles. The molecule has 0 aromatic carbocycles. The van der Waals surface area contributed by atoms with Gasteiger partial charge in [0.25, 0.3) is 0 Å². The number of hydrogen-bond donors (Lipinski definition) is 1. The molecule has 1 N–H and O–H groups in total. The van der Waals surface area contributed by atoms with Gasteiger partial charge in [-0.1, -0.05) is 19.9 Å². The third kappa shape index (κ3) is 3.83. The third-order valence-corrected chi connectivity index (χ3v) is 3.64. The molecule has 0 spiro atoms. The number of piperidine rings is 1. The van der Waals surface area contributed by atoms with Crippen molar-refractivity contribution in [3.05, 3.63) is 12.7 Å². The van der Waals surface area contributed by atoms with Crippen LogP contribution in [0.3, 0.4) is 0 Å². The Kier molecular flexibility index (Phi) is 5.17. The maximum atomic E-state index is 9.92. The molecule has 0 radical (unpaired) electrons. The average molecular weight is 236 g/mol. The van der Waals surface area contributed by atoms with Crippen LogP contribution in [-0.4, -0.2) is 35.2 Å². The van der Waals surface area contributed by atoms with Crippen LogP contribution in [-0.2, 0) is 0 Å². The second-order valence-corrected chi connectivity index (χ2v) is 5.64. The molecule has 2 unspecified atom stereocenters. The Balaban J connectivity index is 2.57. The Hall–Kier alpha value is -0.850. The first-order chi connectivity index (χ1) is 8.01. The maximum Gasteiger partial charge on any atom is 0.103 e. The topological polar surface area (TPSA) is 47.3 Å². The van der Waals surface area contributed by atoms with Gasteiger partial charge in [0.05, 0.1) is 12.2 Å². The van der Waals surface area contributed by atoms with Crippen molar-refractivity contribution in [2.45, 2.75) is 51.7 Å². The molecular formula is C14H24N2O. The molecule has 0 saturated carbocycles. The summed E-state index contributed by atoms with van der Waals surface area (Å²) in [5.41, 5.74) is 0.0329. The lowest BCUT2D eigenvalue weighted by molar-refractivity contribution is 0.0278. The van der Waals surface area contributed by atoms with Crippen LogP contribution >= 0.6 is 0 Å². The molecular weight excluding hydrogens is 212 g/mol. The zero-order chi connectivity index (χ0) is 12.9. The van der Waals surface area contributed by atoms with E-state index in [1.807, 2.05) is 6.08 Å². The molecule has 1 heterocycles. The molecule has 0 aliphatic carbocycles. The number of aliphatic hydroxyl groups excluding tert-OH is 1. The summed E-state index contributed by atoms with van der Waals surface area (Å²) in [6.07, 6.45) is 5.24. The summed E-state index contributed by atoms with van der Waals surface area (Å²) in [4.78, 5) is 2.14. The largest absolute Gasteiger partial charge is 0.392 e. The lowest BCUT2D eigenvalue weighted by Gasteiger charge is -2.43. The smallest absolute Gasteiger partial charge is 0.103 e. The Morgan fingerprint density at radius 1 is 1.65 bits per heavy atom. The van der Waals surface area contributed by atoms with Crippen molar-refractivity contribution in [2.75, 3.05) is 13.1 Å². The second-order valence-electron chi connectivity index (χ2n) is 5.64. The number of likely N-dealkylation sites (tertiary alicyclic amines) is 1. The molecule has 0 bridgehead atoms. The first-order valence-electron chi connectivity index (χ1n) is 6.44. The summed E-state index contributed by atoms with van der Waals surface area (Å²) in [7, 11) is 0. The quantitative estimate of drug-likeness (QED) is 0.745. The average Bonchev–Trinajstić information content (AvgIpc) is 2.25. The lowest BCUT2D eigenvalue weighted by atomic mass is 9.77. The van der Waals surface area contributed by atoms with Crippen LogP contribution in [0, 0.1) is 16.7 Å². The van der Waals surface area contributed by atoms with E-state index in [-0.39, 0.29) is 17.6 Å². The van der Waals surface area contributed by atoms with Crippen molar-refractivity contribution in [2.24, 2.45) is 5.41 Å². The SMILES string of the molecule is C=CCCC(O)CN1CCCC(C)(C)C1C#N. The number of rotatable bonds is 5. The Morgan fingerprint density at radius 3 is 2.94 bits per heavy atom. The number of nitrogens with zero attached hydrogens (tertiary/aromatic N) is 2. The van der Waals surface area contributed by atoms with E-state index in [0.717, 1.165) is 32.2 Å². The van der Waals surface area contributed by atoms with Gasteiger partial charge in [-0.15, -0.1) is 6.58 Å². The van der Waals surface area contributed by atoms with Crippen molar-refractivity contribution in [3.63, 3.8) is 0 Å². The number of aliphatic hydroxyl groups is 1. The number of β-amino-alcohol motifs (C(OH)–C–C–N with tert-alkyl or cyclic N) is 1. The Labute approximate surface area is 105 Å². The van der Waals surface area contributed by atoms with Gasteiger partial charge in [-0.05, 0) is 37.6 Å². The van der Waals surface area contributed by atoms with Crippen LogP contribution in [0.25, 0.3) is 0 Å². The van der Waals surface area contributed by atoms with E-state index in [4.69, 9.17) is 0 Å². The monoisotopic (exact) mass is 236 g/mol. The van der Waals surface area contributed by atoms with Crippen molar-refractivity contribution in [1.29, 1.82) is 5.26 Å². The van der Waals surface area contributed by atoms with Gasteiger partial charge >= 0.3 is 0 Å². The van der Waals surface area contributed by atoms with Crippen LogP contribution in [0.15, 0.2) is 12.7 Å². The summed E-state index contributed by atoms with van der Waals surface area (Å²) in [6, 6.07) is 2.33.